The molecule has 5 N–H and O–H groups in total. The largest absolute Gasteiger partial charge is 0.451 e. The number of H-pyrrole nitrogens is 1. The Morgan fingerprint density at radius 3 is 2.74 bits per heavy atom. The molecule has 0 aromatic carbocycles. The fourth-order valence-electron chi connectivity index (χ4n) is 6.00. The Labute approximate surface area is 240 Å². The molecule has 0 radical (unpaired) electrons. The predicted molar refractivity (Wildman–Crippen MR) is 149 cm³/mol. The van der Waals surface area contributed by atoms with Gasteiger partial charge in [-0.15, -0.1) is 0 Å². The zero-order chi connectivity index (χ0) is 29.5. The Bertz CT molecular complexity index is 1450. The van der Waals surface area contributed by atoms with Crippen LogP contribution in [0.1, 0.15) is 58.9 Å². The number of hydrogen-bond donors (Lipinski definition) is 4. The van der Waals surface area contributed by atoms with E-state index in [1.807, 2.05) is 36.3 Å². The number of amides is 1. The minimum absolute atomic E-state index is 0.123. The van der Waals surface area contributed by atoms with Crippen LogP contribution >= 0.6 is 0 Å². The van der Waals surface area contributed by atoms with Gasteiger partial charge in [-0.05, 0) is 31.5 Å². The number of carbonyl (C=O) groups is 1. The number of rotatable bonds is 8. The highest BCUT2D eigenvalue weighted by Gasteiger charge is 2.47. The van der Waals surface area contributed by atoms with Crippen LogP contribution in [0.4, 0.5) is 19.0 Å². The van der Waals surface area contributed by atoms with E-state index in [-0.39, 0.29) is 35.6 Å². The molecule has 6 rings (SSSR count). The zero-order valence-corrected chi connectivity index (χ0v) is 23.2. The van der Waals surface area contributed by atoms with Gasteiger partial charge in [-0.25, -0.2) is 9.97 Å². The molecule has 1 atom stereocenters. The SMILES string of the molecule is CCNCc1cc(C(=O)N2CCC(N3CC(CN)(n4cc(C5N=CNc6[nH]ccc65)cn4)C3)CC2)nc(C(F)(F)F)n1. The molecule has 3 aromatic heterocycles. The van der Waals surface area contributed by atoms with Gasteiger partial charge in [0, 0.05) is 68.8 Å². The van der Waals surface area contributed by atoms with E-state index in [9.17, 15) is 18.0 Å². The second kappa shape index (κ2) is 11.1. The summed E-state index contributed by atoms with van der Waals surface area (Å²) < 4.78 is 42.2. The third-order valence-corrected chi connectivity index (χ3v) is 8.36. The zero-order valence-electron chi connectivity index (χ0n) is 23.2. The predicted octanol–water partition coefficient (Wildman–Crippen LogP) is 1.95. The van der Waals surface area contributed by atoms with Crippen LogP contribution in [0.2, 0.25) is 0 Å². The molecule has 1 amide bonds. The Balaban J connectivity index is 1.08. The third-order valence-electron chi connectivity index (χ3n) is 8.36. The van der Waals surface area contributed by atoms with E-state index in [1.165, 1.54) is 6.07 Å². The van der Waals surface area contributed by atoms with Crippen molar-refractivity contribution in [3.8, 4) is 0 Å². The van der Waals surface area contributed by atoms with Crippen molar-refractivity contribution in [2.75, 3.05) is 44.6 Å². The fraction of sp³-hybridized carbons (Fsp3) is 0.519. The van der Waals surface area contributed by atoms with E-state index in [2.05, 4.69) is 40.6 Å². The lowest BCUT2D eigenvalue weighted by molar-refractivity contribution is -0.145. The maximum atomic E-state index is 13.4. The van der Waals surface area contributed by atoms with Gasteiger partial charge in [0.1, 0.15) is 23.1 Å². The number of likely N-dealkylation sites (tertiary alicyclic amines) is 2. The number of aromatic nitrogens is 5. The number of anilines is 1. The molecule has 0 bridgehead atoms. The van der Waals surface area contributed by atoms with Gasteiger partial charge in [-0.1, -0.05) is 6.92 Å². The minimum Gasteiger partial charge on any atom is -0.348 e. The Hall–Kier alpha value is -3.82. The maximum absolute atomic E-state index is 13.4. The molecule has 42 heavy (non-hydrogen) atoms. The summed E-state index contributed by atoms with van der Waals surface area (Å²) in [6.45, 7) is 5.27. The van der Waals surface area contributed by atoms with E-state index in [0.717, 1.165) is 30.0 Å². The number of alkyl halides is 3. The van der Waals surface area contributed by atoms with E-state index in [0.29, 0.717) is 39.0 Å². The third kappa shape index (κ3) is 5.27. The lowest BCUT2D eigenvalue weighted by Gasteiger charge is -2.54. The molecule has 3 aliphatic heterocycles. The number of nitrogens with one attached hydrogen (secondary N) is 3. The number of hydrogen-bond acceptors (Lipinski definition) is 9. The number of carbonyl (C=O) groups excluding carboxylic acids is 1. The maximum Gasteiger partial charge on any atom is 0.451 e. The molecular weight excluding hydrogens is 551 g/mol. The summed E-state index contributed by atoms with van der Waals surface area (Å²) in [6.07, 6.45) is 4.11. The first-order chi connectivity index (χ1) is 20.2. The van der Waals surface area contributed by atoms with Gasteiger partial charge in [0.05, 0.1) is 18.2 Å². The number of fused-ring (bicyclic) bond motifs is 1. The second-order valence-electron chi connectivity index (χ2n) is 11.1. The highest BCUT2D eigenvalue weighted by atomic mass is 19.4. The van der Waals surface area contributed by atoms with E-state index in [1.54, 1.807) is 11.2 Å². The summed E-state index contributed by atoms with van der Waals surface area (Å²) in [5, 5.41) is 10.7. The van der Waals surface area contributed by atoms with Gasteiger partial charge < -0.3 is 26.3 Å². The average Bonchev–Trinajstić information content (AvgIpc) is 3.66. The van der Waals surface area contributed by atoms with Crippen LogP contribution in [-0.2, 0) is 18.3 Å². The van der Waals surface area contributed by atoms with Crippen LogP contribution in [0, 0.1) is 0 Å². The first-order valence-electron chi connectivity index (χ1n) is 14.1. The number of nitrogens with two attached hydrogens (primary N) is 1. The van der Waals surface area contributed by atoms with Crippen molar-refractivity contribution in [1.82, 2.24) is 39.8 Å². The smallest absolute Gasteiger partial charge is 0.348 e. The van der Waals surface area contributed by atoms with Crippen molar-refractivity contribution in [3.63, 3.8) is 0 Å². The molecular formula is C27H34F3N11O. The molecule has 2 fully saturated rings. The second-order valence-corrected chi connectivity index (χ2v) is 11.1. The average molecular weight is 586 g/mol. The molecule has 3 aliphatic rings. The summed E-state index contributed by atoms with van der Waals surface area (Å²) in [6, 6.07) is 3.45. The van der Waals surface area contributed by atoms with Gasteiger partial charge in [0.2, 0.25) is 5.82 Å². The molecule has 0 saturated carbocycles. The minimum atomic E-state index is -4.74. The normalized spacial score (nSPS) is 20.7. The standard InChI is InChI=1S/C27H34F3N11O/c1-2-32-11-18-9-21(38-25(37-18)27(28,29)30)24(42)39-7-4-19(5-8-39)40-14-26(13-31,15-40)41-12-17(10-36-41)22-20-3-6-33-23(20)35-16-34-22/h3,6,9-10,12,16,19,22,32-33H,2,4-5,7-8,11,13-15,31H2,1H3,(H,34,35). The fourth-order valence-corrected chi connectivity index (χ4v) is 6.00. The molecule has 6 heterocycles. The van der Waals surface area contributed by atoms with Crippen LogP contribution in [0.5, 0.6) is 0 Å². The van der Waals surface area contributed by atoms with Gasteiger partial charge in [0.25, 0.3) is 5.91 Å². The number of aromatic amines is 1. The molecule has 15 heteroatoms. The van der Waals surface area contributed by atoms with Crippen molar-refractivity contribution in [3.05, 3.63) is 59.1 Å². The summed E-state index contributed by atoms with van der Waals surface area (Å²) in [4.78, 5) is 32.1. The van der Waals surface area contributed by atoms with Gasteiger partial charge >= 0.3 is 6.18 Å². The first-order valence-corrected chi connectivity index (χ1v) is 14.1. The monoisotopic (exact) mass is 585 g/mol. The number of nitrogens with zero attached hydrogens (tertiary/aromatic N) is 7. The molecule has 0 spiro atoms. The first kappa shape index (κ1) is 28.3. The van der Waals surface area contributed by atoms with Crippen LogP contribution < -0.4 is 16.4 Å². The number of aliphatic imine (C=N–C) groups is 1. The lowest BCUT2D eigenvalue weighted by atomic mass is 9.86. The highest BCUT2D eigenvalue weighted by molar-refractivity contribution is 5.92. The molecule has 3 aromatic rings. The molecule has 12 nitrogen and oxygen atoms in total. The van der Waals surface area contributed by atoms with E-state index >= 15 is 0 Å². The van der Waals surface area contributed by atoms with Crippen LogP contribution in [-0.4, -0.2) is 92.1 Å². The van der Waals surface area contributed by atoms with E-state index < -0.39 is 17.9 Å². The van der Waals surface area contributed by atoms with Crippen molar-refractivity contribution >= 4 is 18.1 Å². The number of halogens is 3. The van der Waals surface area contributed by atoms with Gasteiger partial charge in [-0.3, -0.25) is 19.4 Å². The van der Waals surface area contributed by atoms with Gasteiger partial charge in [0.15, 0.2) is 0 Å². The molecule has 0 aliphatic carbocycles. The Kier molecular flexibility index (Phi) is 7.49. The molecule has 224 valence electrons. The van der Waals surface area contributed by atoms with Crippen molar-refractivity contribution in [2.24, 2.45) is 10.7 Å². The topological polar surface area (TPSA) is 145 Å². The summed E-state index contributed by atoms with van der Waals surface area (Å²) in [7, 11) is 0. The Morgan fingerprint density at radius 2 is 2.02 bits per heavy atom. The Morgan fingerprint density at radius 1 is 1.24 bits per heavy atom. The lowest BCUT2D eigenvalue weighted by Crippen LogP contribution is -2.69. The molecule has 1 unspecified atom stereocenters. The highest BCUT2D eigenvalue weighted by Crippen LogP contribution is 2.36. The van der Waals surface area contributed by atoms with Gasteiger partial charge in [-0.2, -0.15) is 18.3 Å². The summed E-state index contributed by atoms with van der Waals surface area (Å²) in [5.74, 6) is -0.878. The molecule has 2 saturated heterocycles. The van der Waals surface area contributed by atoms with Crippen molar-refractivity contribution in [1.29, 1.82) is 0 Å². The van der Waals surface area contributed by atoms with Crippen LogP contribution in [0.15, 0.2) is 35.7 Å². The quantitative estimate of drug-likeness (QED) is 0.314. The number of piperidine rings is 1. The summed E-state index contributed by atoms with van der Waals surface area (Å²) in [5.41, 5.74) is 7.89. The summed E-state index contributed by atoms with van der Waals surface area (Å²) >= 11 is 0. The van der Waals surface area contributed by atoms with Crippen LogP contribution in [0.25, 0.3) is 0 Å². The van der Waals surface area contributed by atoms with Crippen LogP contribution in [0.3, 0.4) is 0 Å². The van der Waals surface area contributed by atoms with E-state index in [4.69, 9.17) is 5.73 Å². The van der Waals surface area contributed by atoms with Crippen molar-refractivity contribution < 1.29 is 18.0 Å². The van der Waals surface area contributed by atoms with Crippen molar-refractivity contribution in [2.45, 2.75) is 50.1 Å².